The summed E-state index contributed by atoms with van der Waals surface area (Å²) in [5.74, 6) is 0. The molecule has 0 atom stereocenters. The Bertz CT molecular complexity index is 8420. The average molecular weight is 1660 g/mol. The van der Waals surface area contributed by atoms with E-state index in [1.54, 1.807) is 0 Å². The van der Waals surface area contributed by atoms with E-state index in [1.807, 2.05) is 0 Å². The summed E-state index contributed by atoms with van der Waals surface area (Å²) in [7, 11) is 0. The maximum atomic E-state index is 2.49. The molecule has 0 radical (unpaired) electrons. The van der Waals surface area contributed by atoms with Gasteiger partial charge in [0, 0.05) is 5.41 Å². The molecule has 0 N–H and O–H groups in total. The van der Waals surface area contributed by atoms with E-state index in [2.05, 4.69) is 511 Å². The highest BCUT2D eigenvalue weighted by molar-refractivity contribution is 6.32. The Balaban J connectivity index is 0.000000145. The van der Waals surface area contributed by atoms with Gasteiger partial charge in [-0.3, -0.25) is 0 Å². The first-order valence-corrected chi connectivity index (χ1v) is 45.7. The van der Waals surface area contributed by atoms with Gasteiger partial charge in [0.05, 0.1) is 0 Å². The van der Waals surface area contributed by atoms with Crippen LogP contribution in [0.15, 0.2) is 497 Å². The Morgan fingerprint density at radius 2 is 0.321 bits per heavy atom. The van der Waals surface area contributed by atoms with E-state index in [0.29, 0.717) is 0 Å². The lowest BCUT2D eigenvalue weighted by molar-refractivity contribution is 0.660. The van der Waals surface area contributed by atoms with Crippen LogP contribution in [0.5, 0.6) is 0 Å². The molecule has 0 saturated heterocycles. The fourth-order valence-corrected chi connectivity index (χ4v) is 21.3. The third-order valence-electron chi connectivity index (χ3n) is 27.8. The van der Waals surface area contributed by atoms with Gasteiger partial charge in [0.1, 0.15) is 0 Å². The first-order chi connectivity index (χ1) is 64.7. The summed E-state index contributed by atoms with van der Waals surface area (Å²) in [4.78, 5) is 0. The molecule has 25 rings (SSSR count). The monoisotopic (exact) mass is 1660 g/mol. The lowest BCUT2D eigenvalue weighted by atomic mass is 9.80. The summed E-state index contributed by atoms with van der Waals surface area (Å²) in [5.41, 5.74) is 42.1. The zero-order valence-electron chi connectivity index (χ0n) is 72.8. The number of rotatable bonds is 15. The quantitative estimate of drug-likeness (QED) is 0.0898. The van der Waals surface area contributed by atoms with Gasteiger partial charge in [-0.05, 0) is 272 Å². The van der Waals surface area contributed by atoms with Crippen molar-refractivity contribution in [2.24, 2.45) is 0 Å². The summed E-state index contributed by atoms with van der Waals surface area (Å²) in [6, 6.07) is 184. The molecular weight excluding hydrogens is 1570 g/mol. The highest BCUT2D eigenvalue weighted by atomic mass is 14.4. The van der Waals surface area contributed by atoms with Gasteiger partial charge in [-0.2, -0.15) is 0 Å². The predicted molar refractivity (Wildman–Crippen MR) is 559 cm³/mol. The van der Waals surface area contributed by atoms with Gasteiger partial charge in [-0.15, -0.1) is 0 Å². The van der Waals surface area contributed by atoms with Gasteiger partial charge in [0.15, 0.2) is 0 Å². The lowest BCUT2D eigenvalue weighted by Gasteiger charge is -2.23. The van der Waals surface area contributed by atoms with Gasteiger partial charge in [0.2, 0.25) is 0 Å². The molecular formula is C131H88. The van der Waals surface area contributed by atoms with Crippen molar-refractivity contribution < 1.29 is 0 Å². The molecule has 24 aromatic carbocycles. The van der Waals surface area contributed by atoms with E-state index in [1.165, 1.54) is 254 Å². The average Bonchev–Trinajstić information content (AvgIpc) is 1.70. The summed E-state index contributed by atoms with van der Waals surface area (Å²) in [5, 5.41) is 15.3. The van der Waals surface area contributed by atoms with Crippen LogP contribution < -0.4 is 0 Å². The molecule has 24 aromatic rings. The van der Waals surface area contributed by atoms with E-state index in [-0.39, 0.29) is 5.41 Å². The minimum atomic E-state index is -0.114. The minimum Gasteiger partial charge on any atom is -0.0622 e. The van der Waals surface area contributed by atoms with Crippen molar-refractivity contribution in [1.29, 1.82) is 0 Å². The molecule has 0 nitrogen and oxygen atoms in total. The van der Waals surface area contributed by atoms with E-state index < -0.39 is 0 Å². The Morgan fingerprint density at radius 1 is 0.115 bits per heavy atom. The van der Waals surface area contributed by atoms with Crippen LogP contribution in [0.1, 0.15) is 25.0 Å². The fourth-order valence-electron chi connectivity index (χ4n) is 21.3. The number of benzene rings is 24. The van der Waals surface area contributed by atoms with Crippen molar-refractivity contribution in [3.8, 4) is 178 Å². The topological polar surface area (TPSA) is 0 Å². The minimum absolute atomic E-state index is 0.114. The zero-order chi connectivity index (χ0) is 87.0. The molecule has 0 bridgehead atoms. The van der Waals surface area contributed by atoms with Gasteiger partial charge < -0.3 is 0 Å². The molecule has 0 saturated carbocycles. The van der Waals surface area contributed by atoms with Crippen LogP contribution in [-0.2, 0) is 5.41 Å². The van der Waals surface area contributed by atoms with E-state index in [4.69, 9.17) is 0 Å². The molecule has 131 heavy (non-hydrogen) atoms. The molecule has 0 fully saturated rings. The summed E-state index contributed by atoms with van der Waals surface area (Å²) >= 11 is 0. The first kappa shape index (κ1) is 77.9. The normalized spacial score (nSPS) is 12.1. The van der Waals surface area contributed by atoms with Gasteiger partial charge >= 0.3 is 0 Å². The fraction of sp³-hybridized carbons (Fsp3) is 0.0229. The number of hydrogen-bond acceptors (Lipinski definition) is 0. The third kappa shape index (κ3) is 13.8. The Morgan fingerprint density at radius 3 is 0.649 bits per heavy atom. The van der Waals surface area contributed by atoms with Crippen LogP contribution in [-0.4, -0.2) is 0 Å². The molecule has 1 aliphatic carbocycles. The molecule has 0 aliphatic heterocycles. The molecule has 0 unspecified atom stereocenters. The highest BCUT2D eigenvalue weighted by Crippen LogP contribution is 2.55. The standard InChI is InChI=1S/C67H46.C64H42/c1-67(2)63-24-14-13-23-56(63)57-37-35-50(41-64(57)67)61-42-62(54-22-12-10-20-52(54)48-31-27-46(28-32-48)44-17-7-4-8-18-44)60-38-34-49-33-36-55(58-39-40-59(61)66(60)65(49)58)53-21-11-9-19-51(53)47-29-25-45(26-30-47)43-15-5-3-6-16-43;1-4-14-43(15-5-1)46-24-30-49(31-25-46)53-20-10-12-22-55(53)57-38-36-52-37-39-60-62(56-23-13-11-21-54(56)50-32-26-47(27-33-50)44-16-6-2-7-17-44)42-61(59-41-40-58(57)63(52)64(59)60)51-34-28-48(29-35-51)45-18-8-3-9-19-45/h3-42H,1-2H3;1-42H. The van der Waals surface area contributed by atoms with Crippen molar-refractivity contribution in [2.45, 2.75) is 19.3 Å². The molecule has 612 valence electrons. The molecule has 0 aromatic heterocycles. The SMILES string of the molecule is CC1(C)c2ccccc2-c2ccc(-c3cc(-c4ccccc4-c4ccc(-c5ccccc5)cc4)c4ccc5ccc(-c6ccccc6-c6ccc(-c7ccccc7)cc6)c6ccc3c4c56)cc21.c1ccc(-c2ccc(-c3ccccc3-c3ccc4ccc5c(-c6ccccc6-c6ccc(-c7ccccc7)cc6)cc(-c6ccc(-c7ccccc7)cc6)c6ccc3c4c65)cc2)cc1. The van der Waals surface area contributed by atoms with Gasteiger partial charge in [-0.25, -0.2) is 0 Å². The van der Waals surface area contributed by atoms with Crippen molar-refractivity contribution in [3.05, 3.63) is 509 Å². The Labute approximate surface area is 765 Å². The molecule has 0 heterocycles. The zero-order valence-corrected chi connectivity index (χ0v) is 72.8. The number of fused-ring (bicyclic) bond motifs is 3. The second-order valence-corrected chi connectivity index (χ2v) is 35.5. The highest BCUT2D eigenvalue weighted by Gasteiger charge is 2.36. The maximum absolute atomic E-state index is 2.49. The van der Waals surface area contributed by atoms with Crippen molar-refractivity contribution >= 4 is 64.6 Å². The smallest absolute Gasteiger partial charge is 0.0159 e. The van der Waals surface area contributed by atoms with E-state index >= 15 is 0 Å². The largest absolute Gasteiger partial charge is 0.0622 e. The van der Waals surface area contributed by atoms with Crippen LogP contribution in [0.25, 0.3) is 243 Å². The maximum Gasteiger partial charge on any atom is 0.0159 e. The van der Waals surface area contributed by atoms with Crippen LogP contribution >= 0.6 is 0 Å². The molecule has 0 spiro atoms. The predicted octanol–water partition coefficient (Wildman–Crippen LogP) is 36.5. The van der Waals surface area contributed by atoms with Crippen LogP contribution in [0, 0.1) is 0 Å². The third-order valence-corrected chi connectivity index (χ3v) is 27.8. The Hall–Kier alpha value is -16.6. The van der Waals surface area contributed by atoms with E-state index in [9.17, 15) is 0 Å². The van der Waals surface area contributed by atoms with Crippen LogP contribution in [0.2, 0.25) is 0 Å². The Kier molecular flexibility index (Phi) is 19.4. The second-order valence-electron chi connectivity index (χ2n) is 35.5. The molecule has 1 aliphatic rings. The van der Waals surface area contributed by atoms with E-state index in [0.717, 1.165) is 0 Å². The molecule has 0 heteroatoms. The van der Waals surface area contributed by atoms with Crippen LogP contribution in [0.3, 0.4) is 0 Å². The summed E-state index contributed by atoms with van der Waals surface area (Å²) in [6.45, 7) is 4.76. The second kappa shape index (κ2) is 32.7. The van der Waals surface area contributed by atoms with Crippen molar-refractivity contribution in [2.75, 3.05) is 0 Å². The van der Waals surface area contributed by atoms with Gasteiger partial charge in [0.25, 0.3) is 0 Å². The lowest BCUT2D eigenvalue weighted by Crippen LogP contribution is -2.14. The summed E-state index contributed by atoms with van der Waals surface area (Å²) < 4.78 is 0. The van der Waals surface area contributed by atoms with Gasteiger partial charge in [-0.1, -0.05) is 493 Å². The summed E-state index contributed by atoms with van der Waals surface area (Å²) in [6.07, 6.45) is 0. The van der Waals surface area contributed by atoms with Crippen molar-refractivity contribution in [3.63, 3.8) is 0 Å². The van der Waals surface area contributed by atoms with Crippen LogP contribution in [0.4, 0.5) is 0 Å². The van der Waals surface area contributed by atoms with Crippen molar-refractivity contribution in [1.82, 2.24) is 0 Å². The first-order valence-electron chi connectivity index (χ1n) is 45.7. The number of hydrogen-bond donors (Lipinski definition) is 0. The molecule has 0 amide bonds.